The lowest BCUT2D eigenvalue weighted by Gasteiger charge is -2.22. The van der Waals surface area contributed by atoms with E-state index in [2.05, 4.69) is 31.8 Å². The van der Waals surface area contributed by atoms with Crippen LogP contribution in [-0.2, 0) is 15.0 Å². The fraction of sp³-hybridized carbons (Fsp3) is 0.161. The summed E-state index contributed by atoms with van der Waals surface area (Å²) in [5.74, 6) is -1.69. The highest BCUT2D eigenvalue weighted by molar-refractivity contribution is 7.22. The molecule has 38 heavy (non-hydrogen) atoms. The molecule has 0 bridgehead atoms. The zero-order valence-electron chi connectivity index (χ0n) is 21.2. The number of hydrogen-bond acceptors (Lipinski definition) is 6. The van der Waals surface area contributed by atoms with Gasteiger partial charge >= 0.3 is 5.91 Å². The van der Waals surface area contributed by atoms with E-state index in [0.29, 0.717) is 16.3 Å². The number of aliphatic hydroxyl groups is 1. The lowest BCUT2D eigenvalue weighted by Crippen LogP contribution is -2.29. The van der Waals surface area contributed by atoms with Crippen LogP contribution in [0.4, 0.5) is 5.13 Å². The highest BCUT2D eigenvalue weighted by Crippen LogP contribution is 2.45. The van der Waals surface area contributed by atoms with Gasteiger partial charge in [0, 0.05) is 18.0 Å². The molecule has 188 valence electrons. The van der Waals surface area contributed by atoms with Crippen LogP contribution in [0.25, 0.3) is 26.7 Å². The Balaban J connectivity index is 1.57. The Bertz CT molecular complexity index is 1760. The Labute approximate surface area is 223 Å². The van der Waals surface area contributed by atoms with Crippen molar-refractivity contribution in [2.75, 3.05) is 4.90 Å². The fourth-order valence-electron chi connectivity index (χ4n) is 4.94. The summed E-state index contributed by atoms with van der Waals surface area (Å²) in [5, 5.41) is 13.7. The van der Waals surface area contributed by atoms with E-state index < -0.39 is 17.7 Å². The van der Waals surface area contributed by atoms with Crippen molar-refractivity contribution in [3.8, 4) is 0 Å². The molecule has 0 aliphatic carbocycles. The molecular weight excluding hydrogens is 494 g/mol. The predicted octanol–water partition coefficient (Wildman–Crippen LogP) is 6.77. The van der Waals surface area contributed by atoms with Crippen molar-refractivity contribution in [3.05, 3.63) is 107 Å². The number of amides is 1. The number of ketones is 1. The van der Waals surface area contributed by atoms with E-state index in [-0.39, 0.29) is 16.7 Å². The van der Waals surface area contributed by atoms with Gasteiger partial charge in [0.2, 0.25) is 0 Å². The first kappa shape index (κ1) is 24.0. The molecule has 1 atom stereocenters. The Hall–Kier alpha value is -4.36. The Morgan fingerprint density at radius 1 is 0.974 bits per heavy atom. The van der Waals surface area contributed by atoms with E-state index in [9.17, 15) is 14.7 Å². The number of rotatable bonds is 3. The number of aliphatic hydroxyl groups excluding tert-OH is 1. The number of Topliss-reactive ketones (excluding diaryl/α,β-unsaturated/α-hetero) is 1. The minimum absolute atomic E-state index is 0.0222. The highest BCUT2D eigenvalue weighted by Gasteiger charge is 2.48. The van der Waals surface area contributed by atoms with Crippen LogP contribution < -0.4 is 4.90 Å². The summed E-state index contributed by atoms with van der Waals surface area (Å²) in [5.41, 5.74) is 2.99. The number of anilines is 1. The van der Waals surface area contributed by atoms with Crippen molar-refractivity contribution >= 4 is 54.9 Å². The third-order valence-electron chi connectivity index (χ3n) is 6.94. The summed E-state index contributed by atoms with van der Waals surface area (Å²) >= 11 is 1.36. The zero-order valence-corrected chi connectivity index (χ0v) is 22.0. The third kappa shape index (κ3) is 3.87. The van der Waals surface area contributed by atoms with Gasteiger partial charge in [-0.2, -0.15) is 0 Å². The number of aromatic nitrogens is 2. The summed E-state index contributed by atoms with van der Waals surface area (Å²) in [6, 6.07) is 21.9. The van der Waals surface area contributed by atoms with Crippen molar-refractivity contribution in [2.24, 2.45) is 0 Å². The number of benzene rings is 3. The maximum absolute atomic E-state index is 13.6. The summed E-state index contributed by atoms with van der Waals surface area (Å²) in [6.45, 7) is 6.43. The van der Waals surface area contributed by atoms with Gasteiger partial charge in [-0.3, -0.25) is 19.5 Å². The van der Waals surface area contributed by atoms with Crippen molar-refractivity contribution in [2.45, 2.75) is 32.2 Å². The molecule has 1 amide bonds. The van der Waals surface area contributed by atoms with Crippen LogP contribution in [-0.4, -0.2) is 26.8 Å². The molecule has 1 fully saturated rings. The van der Waals surface area contributed by atoms with E-state index in [1.807, 2.05) is 48.5 Å². The number of thiazole rings is 1. The molecule has 0 spiro atoms. The van der Waals surface area contributed by atoms with Gasteiger partial charge in [-0.15, -0.1) is 0 Å². The molecule has 0 saturated carbocycles. The van der Waals surface area contributed by atoms with Crippen molar-refractivity contribution in [1.82, 2.24) is 9.97 Å². The molecule has 3 heterocycles. The second-order valence-corrected chi connectivity index (χ2v) is 11.4. The van der Waals surface area contributed by atoms with Gasteiger partial charge in [-0.05, 0) is 45.5 Å². The number of pyridine rings is 1. The van der Waals surface area contributed by atoms with Crippen LogP contribution in [0, 0.1) is 0 Å². The normalized spacial score (nSPS) is 17.6. The average Bonchev–Trinajstić information content (AvgIpc) is 3.45. The van der Waals surface area contributed by atoms with Crippen LogP contribution in [0.1, 0.15) is 43.5 Å². The second-order valence-electron chi connectivity index (χ2n) is 10.4. The first-order chi connectivity index (χ1) is 18.2. The maximum atomic E-state index is 13.6. The minimum atomic E-state index is -0.870. The zero-order chi connectivity index (χ0) is 26.6. The molecule has 7 heteroatoms. The molecule has 1 aliphatic heterocycles. The molecule has 1 N–H and O–H groups in total. The van der Waals surface area contributed by atoms with Gasteiger partial charge in [-0.1, -0.05) is 86.7 Å². The monoisotopic (exact) mass is 519 g/mol. The molecule has 5 aromatic rings. The topological polar surface area (TPSA) is 83.4 Å². The van der Waals surface area contributed by atoms with Crippen LogP contribution in [0.3, 0.4) is 0 Å². The van der Waals surface area contributed by atoms with E-state index in [1.165, 1.54) is 16.2 Å². The second kappa shape index (κ2) is 8.89. The largest absolute Gasteiger partial charge is 0.507 e. The molecule has 6 rings (SSSR count). The minimum Gasteiger partial charge on any atom is -0.507 e. The van der Waals surface area contributed by atoms with E-state index in [4.69, 9.17) is 4.98 Å². The molecule has 6 nitrogen and oxygen atoms in total. The fourth-order valence-corrected chi connectivity index (χ4v) is 5.97. The van der Waals surface area contributed by atoms with Gasteiger partial charge < -0.3 is 5.11 Å². The lowest BCUT2D eigenvalue weighted by atomic mass is 9.87. The SMILES string of the molecule is CC(C)(C)c1ccc2nc(N3C(=O)C(=O)/C(=C(/O)c4cccc5ccccc45)C3c3cccnc3)sc2c1. The van der Waals surface area contributed by atoms with Gasteiger partial charge in [0.15, 0.2) is 5.13 Å². The number of nitrogens with zero attached hydrogens (tertiary/aromatic N) is 3. The molecule has 3 aromatic carbocycles. The summed E-state index contributed by atoms with van der Waals surface area (Å²) in [4.78, 5) is 37.5. The molecule has 1 unspecified atom stereocenters. The molecule has 1 aliphatic rings. The van der Waals surface area contributed by atoms with Gasteiger partial charge in [0.25, 0.3) is 5.78 Å². The number of carbonyl (C=O) groups is 2. The van der Waals surface area contributed by atoms with Gasteiger partial charge in [-0.25, -0.2) is 4.98 Å². The Morgan fingerprint density at radius 3 is 2.53 bits per heavy atom. The summed E-state index contributed by atoms with van der Waals surface area (Å²) in [6.07, 6.45) is 3.25. The predicted molar refractivity (Wildman–Crippen MR) is 151 cm³/mol. The van der Waals surface area contributed by atoms with Crippen LogP contribution >= 0.6 is 11.3 Å². The van der Waals surface area contributed by atoms with Gasteiger partial charge in [0.1, 0.15) is 5.76 Å². The molecular formula is C31H25N3O3S. The van der Waals surface area contributed by atoms with E-state index in [1.54, 1.807) is 30.6 Å². The first-order valence-corrected chi connectivity index (χ1v) is 13.2. The standard InChI is InChI=1S/C31H25N3O3S/c1-31(2,3)20-13-14-23-24(16-20)38-30(33-23)34-26(19-10-7-15-32-17-19)25(28(36)29(34)37)27(35)22-12-6-9-18-8-4-5-11-21(18)22/h4-17,26,35H,1-3H3/b27-25+. The third-order valence-corrected chi connectivity index (χ3v) is 7.96. The molecule has 1 saturated heterocycles. The maximum Gasteiger partial charge on any atom is 0.301 e. The van der Waals surface area contributed by atoms with E-state index >= 15 is 0 Å². The van der Waals surface area contributed by atoms with Crippen molar-refractivity contribution < 1.29 is 14.7 Å². The molecule has 2 aromatic heterocycles. The molecule has 0 radical (unpaired) electrons. The summed E-state index contributed by atoms with van der Waals surface area (Å²) < 4.78 is 0.924. The van der Waals surface area contributed by atoms with Crippen LogP contribution in [0.5, 0.6) is 0 Å². The number of hydrogen-bond donors (Lipinski definition) is 1. The smallest absolute Gasteiger partial charge is 0.301 e. The quantitative estimate of drug-likeness (QED) is 0.162. The number of fused-ring (bicyclic) bond motifs is 2. The van der Waals surface area contributed by atoms with Gasteiger partial charge in [0.05, 0.1) is 21.8 Å². The Morgan fingerprint density at radius 2 is 1.76 bits per heavy atom. The van der Waals surface area contributed by atoms with Crippen molar-refractivity contribution in [3.63, 3.8) is 0 Å². The van der Waals surface area contributed by atoms with Crippen LogP contribution in [0.2, 0.25) is 0 Å². The van der Waals surface area contributed by atoms with E-state index in [0.717, 1.165) is 26.6 Å². The first-order valence-electron chi connectivity index (χ1n) is 12.3. The average molecular weight is 520 g/mol. The van der Waals surface area contributed by atoms with Crippen LogP contribution in [0.15, 0.2) is 90.8 Å². The summed E-state index contributed by atoms with van der Waals surface area (Å²) in [7, 11) is 0. The van der Waals surface area contributed by atoms with Crippen molar-refractivity contribution in [1.29, 1.82) is 0 Å². The lowest BCUT2D eigenvalue weighted by molar-refractivity contribution is -0.132. The number of carbonyl (C=O) groups excluding carboxylic acids is 2. The highest BCUT2D eigenvalue weighted by atomic mass is 32.1. The Kier molecular flexibility index (Phi) is 5.61.